The van der Waals surface area contributed by atoms with Gasteiger partial charge < -0.3 is 31.2 Å². The summed E-state index contributed by atoms with van der Waals surface area (Å²) in [7, 11) is 0. The summed E-state index contributed by atoms with van der Waals surface area (Å²) in [6.07, 6.45) is 20.2. The molecule has 0 amide bonds. The maximum atomic E-state index is 14.2. The van der Waals surface area contributed by atoms with E-state index < -0.39 is 29.2 Å². The van der Waals surface area contributed by atoms with E-state index in [2.05, 4.69) is 13.8 Å². The van der Waals surface area contributed by atoms with Crippen LogP contribution >= 0.6 is 0 Å². The topological polar surface area (TPSA) is 145 Å². The first kappa shape index (κ1) is 49.3. The van der Waals surface area contributed by atoms with E-state index in [-0.39, 0.29) is 12.8 Å². The van der Waals surface area contributed by atoms with Gasteiger partial charge in [-0.25, -0.2) is 0 Å². The van der Waals surface area contributed by atoms with Gasteiger partial charge in [0.1, 0.15) is 23.7 Å². The third kappa shape index (κ3) is 14.9. The highest BCUT2D eigenvalue weighted by molar-refractivity contribution is 6.01. The number of ether oxygens (including phenoxy) is 2. The fraction of sp³-hybridized carbons (Fsp3) is 0.474. The van der Waals surface area contributed by atoms with E-state index in [1.807, 2.05) is 48.5 Å². The number of ketones is 2. The summed E-state index contributed by atoms with van der Waals surface area (Å²) < 4.78 is 12.4. The minimum Gasteiger partial charge on any atom is -0.493 e. The van der Waals surface area contributed by atoms with Crippen LogP contribution in [0, 0.1) is 29.1 Å². The van der Waals surface area contributed by atoms with Crippen molar-refractivity contribution in [2.45, 2.75) is 129 Å². The standard InChI is InChI=1S/C57H74N2O6/c1-3-5-7-41-9-13-47(14-10-41)39-64-51-31-21-43(22-32-51)25-35-53(60)55(62)57(37-45-17-27-49(58)28-18-45,38-46-19-29-50(59)30-20-46)56(63)54(61)36-26-44-23-33-52(34-24-44)65-40-48-15-11-42(12-16-48)8-6-4-2/h17-36,41-42,47-48,55-56,62-63H,3-16,37-40,58-59H2,1-2H3/b35-25+,36-26+. The minimum atomic E-state index is -1.77. The van der Waals surface area contributed by atoms with Crippen molar-refractivity contribution in [3.05, 3.63) is 131 Å². The second-order valence-corrected chi connectivity index (χ2v) is 19.2. The van der Waals surface area contributed by atoms with Crippen molar-refractivity contribution in [1.82, 2.24) is 0 Å². The van der Waals surface area contributed by atoms with E-state index in [0.29, 0.717) is 47.6 Å². The molecular weight excluding hydrogens is 809 g/mol. The number of unbranched alkanes of at least 4 members (excludes halogenated alkanes) is 2. The molecule has 0 aromatic heterocycles. The van der Waals surface area contributed by atoms with Gasteiger partial charge in [0.15, 0.2) is 11.6 Å². The first-order chi connectivity index (χ1) is 31.5. The van der Waals surface area contributed by atoms with Gasteiger partial charge in [-0.05, 0) is 145 Å². The molecule has 0 aliphatic heterocycles. The minimum absolute atomic E-state index is 0.00198. The summed E-state index contributed by atoms with van der Waals surface area (Å²) in [5.41, 5.74) is 14.4. The fourth-order valence-corrected chi connectivity index (χ4v) is 9.87. The molecule has 348 valence electrons. The second-order valence-electron chi connectivity index (χ2n) is 19.2. The molecule has 4 aromatic carbocycles. The van der Waals surface area contributed by atoms with Crippen molar-refractivity contribution in [1.29, 1.82) is 0 Å². The van der Waals surface area contributed by atoms with E-state index >= 15 is 0 Å². The maximum absolute atomic E-state index is 14.2. The average molecular weight is 883 g/mol. The number of carbonyl (C=O) groups excluding carboxylic acids is 2. The molecule has 65 heavy (non-hydrogen) atoms. The molecule has 0 bridgehead atoms. The lowest BCUT2D eigenvalue weighted by atomic mass is 9.66. The smallest absolute Gasteiger partial charge is 0.184 e. The number of nitrogen functional groups attached to an aromatic ring is 2. The Bertz CT molecular complexity index is 1940. The van der Waals surface area contributed by atoms with Crippen LogP contribution in [0.4, 0.5) is 11.4 Å². The highest BCUT2D eigenvalue weighted by Crippen LogP contribution is 2.39. The normalized spacial score (nSPS) is 20.1. The molecule has 0 heterocycles. The molecule has 2 fully saturated rings. The number of hydrogen-bond donors (Lipinski definition) is 4. The SMILES string of the molecule is CCCCC1CCC(COc2ccc(/C=C/C(=O)C(O)C(Cc3ccc(N)cc3)(Cc3ccc(N)cc3)C(O)C(=O)/C=C/c3ccc(OCC4CCC(CCCC)CC4)cc3)cc2)CC1. The van der Waals surface area contributed by atoms with Gasteiger partial charge in [0.25, 0.3) is 0 Å². The number of aliphatic hydroxyl groups is 2. The maximum Gasteiger partial charge on any atom is 0.184 e. The van der Waals surface area contributed by atoms with Gasteiger partial charge in [0.2, 0.25) is 0 Å². The Morgan fingerprint density at radius 1 is 0.554 bits per heavy atom. The van der Waals surface area contributed by atoms with Crippen LogP contribution in [0.2, 0.25) is 0 Å². The molecular formula is C57H74N2O6. The predicted octanol–water partition coefficient (Wildman–Crippen LogP) is 11.7. The van der Waals surface area contributed by atoms with Crippen molar-refractivity contribution in [3.8, 4) is 11.5 Å². The Morgan fingerprint density at radius 3 is 1.23 bits per heavy atom. The Balaban J connectivity index is 1.15. The van der Waals surface area contributed by atoms with Crippen molar-refractivity contribution in [2.75, 3.05) is 24.7 Å². The largest absolute Gasteiger partial charge is 0.493 e. The summed E-state index contributed by atoms with van der Waals surface area (Å²) in [5.74, 6) is 3.12. The molecule has 0 spiro atoms. The van der Waals surface area contributed by atoms with Crippen molar-refractivity contribution in [3.63, 3.8) is 0 Å². The van der Waals surface area contributed by atoms with Crippen LogP contribution in [-0.2, 0) is 22.4 Å². The zero-order valence-corrected chi connectivity index (χ0v) is 38.9. The number of aliphatic hydroxyl groups excluding tert-OH is 2. The number of hydrogen-bond acceptors (Lipinski definition) is 8. The molecule has 4 aromatic rings. The summed E-state index contributed by atoms with van der Waals surface area (Å²) in [6, 6.07) is 29.2. The van der Waals surface area contributed by atoms with Crippen LogP contribution in [0.15, 0.2) is 109 Å². The van der Waals surface area contributed by atoms with Gasteiger partial charge in [-0.3, -0.25) is 9.59 Å². The van der Waals surface area contributed by atoms with E-state index in [4.69, 9.17) is 20.9 Å². The Labute approximate surface area is 388 Å². The molecule has 0 radical (unpaired) electrons. The third-order valence-corrected chi connectivity index (χ3v) is 14.1. The van der Waals surface area contributed by atoms with Crippen LogP contribution in [0.3, 0.4) is 0 Å². The van der Waals surface area contributed by atoms with Crippen molar-refractivity contribution in [2.24, 2.45) is 29.1 Å². The van der Waals surface area contributed by atoms with Gasteiger partial charge in [0.05, 0.1) is 13.2 Å². The Morgan fingerprint density at radius 2 is 0.892 bits per heavy atom. The monoisotopic (exact) mass is 883 g/mol. The van der Waals surface area contributed by atoms with E-state index in [0.717, 1.165) is 34.5 Å². The van der Waals surface area contributed by atoms with E-state index in [9.17, 15) is 19.8 Å². The van der Waals surface area contributed by atoms with Crippen LogP contribution in [0.5, 0.6) is 11.5 Å². The van der Waals surface area contributed by atoms with Gasteiger partial charge in [-0.2, -0.15) is 0 Å². The zero-order chi connectivity index (χ0) is 46.0. The molecule has 2 saturated carbocycles. The number of rotatable bonds is 24. The molecule has 2 atom stereocenters. The van der Waals surface area contributed by atoms with E-state index in [1.54, 1.807) is 60.7 Å². The quantitative estimate of drug-likeness (QED) is 0.0402. The molecule has 6 N–H and O–H groups in total. The van der Waals surface area contributed by atoms with Crippen molar-refractivity contribution >= 4 is 35.1 Å². The van der Waals surface area contributed by atoms with Crippen LogP contribution in [0.25, 0.3) is 12.2 Å². The summed E-state index contributed by atoms with van der Waals surface area (Å²) >= 11 is 0. The highest BCUT2D eigenvalue weighted by Gasteiger charge is 2.49. The number of anilines is 2. The highest BCUT2D eigenvalue weighted by atomic mass is 16.5. The lowest BCUT2D eigenvalue weighted by Crippen LogP contribution is -2.54. The molecule has 8 heteroatoms. The first-order valence-electron chi connectivity index (χ1n) is 24.5. The van der Waals surface area contributed by atoms with Gasteiger partial charge in [-0.15, -0.1) is 0 Å². The Hall–Kier alpha value is -5.18. The molecule has 8 nitrogen and oxygen atoms in total. The Kier molecular flexibility index (Phi) is 18.9. The number of nitrogens with two attached hydrogens (primary N) is 2. The second kappa shape index (κ2) is 24.9. The third-order valence-electron chi connectivity index (χ3n) is 14.1. The lowest BCUT2D eigenvalue weighted by Gasteiger charge is -2.40. The first-order valence-corrected chi connectivity index (χ1v) is 24.5. The summed E-state index contributed by atoms with van der Waals surface area (Å²) in [4.78, 5) is 28.3. The zero-order valence-electron chi connectivity index (χ0n) is 38.9. The van der Waals surface area contributed by atoms with E-state index in [1.165, 1.54) is 102 Å². The lowest BCUT2D eigenvalue weighted by molar-refractivity contribution is -0.146. The molecule has 2 unspecified atom stereocenters. The summed E-state index contributed by atoms with van der Waals surface area (Å²) in [5, 5.41) is 24.5. The molecule has 2 aliphatic carbocycles. The van der Waals surface area contributed by atoms with Crippen molar-refractivity contribution < 1.29 is 29.3 Å². The molecule has 6 rings (SSSR count). The van der Waals surface area contributed by atoms with Gasteiger partial charge in [0, 0.05) is 16.8 Å². The summed E-state index contributed by atoms with van der Waals surface area (Å²) in [6.45, 7) is 5.91. The number of benzene rings is 4. The van der Waals surface area contributed by atoms with Crippen LogP contribution in [0.1, 0.15) is 126 Å². The van der Waals surface area contributed by atoms with Crippen LogP contribution < -0.4 is 20.9 Å². The fourth-order valence-electron chi connectivity index (χ4n) is 9.87. The van der Waals surface area contributed by atoms with Gasteiger partial charge >= 0.3 is 0 Å². The predicted molar refractivity (Wildman–Crippen MR) is 265 cm³/mol. The van der Waals surface area contributed by atoms with Gasteiger partial charge in [-0.1, -0.05) is 139 Å². The molecule has 2 aliphatic rings. The average Bonchev–Trinajstić information content (AvgIpc) is 3.34. The molecule has 0 saturated heterocycles. The van der Waals surface area contributed by atoms with Crippen LogP contribution in [-0.4, -0.2) is 47.2 Å². The number of carbonyl (C=O) groups is 2.